The van der Waals surface area contributed by atoms with Crippen molar-refractivity contribution in [1.82, 2.24) is 5.32 Å². The van der Waals surface area contributed by atoms with E-state index in [9.17, 15) is 23.1 Å². The fraction of sp³-hybridized carbons (Fsp3) is 0.222. The number of hydrogen-bond donors (Lipinski definition) is 1. The van der Waals surface area contributed by atoms with Crippen molar-refractivity contribution in [2.75, 3.05) is 0 Å². The highest BCUT2D eigenvalue weighted by Gasteiger charge is 2.30. The first-order valence-electron chi connectivity index (χ1n) is 4.10. The summed E-state index contributed by atoms with van der Waals surface area (Å²) in [6.07, 6.45) is -6.07. The third kappa shape index (κ3) is 3.62. The van der Waals surface area contributed by atoms with E-state index < -0.39 is 17.8 Å². The van der Waals surface area contributed by atoms with Crippen LogP contribution in [0.2, 0.25) is 5.02 Å². The summed E-state index contributed by atoms with van der Waals surface area (Å²) in [5.74, 6) is 0. The topological polar surface area (TPSA) is 52.2 Å². The van der Waals surface area contributed by atoms with Crippen LogP contribution in [0.15, 0.2) is 18.2 Å². The van der Waals surface area contributed by atoms with Gasteiger partial charge in [-0.2, -0.15) is 13.2 Å². The fourth-order valence-corrected chi connectivity index (χ4v) is 1.35. The highest BCUT2D eigenvalue weighted by Crippen LogP contribution is 2.31. The molecule has 0 aliphatic carbocycles. The van der Waals surface area contributed by atoms with Gasteiger partial charge in [0.2, 0.25) is 0 Å². The number of carboxylic acid groups (broad SMARTS) is 1. The summed E-state index contributed by atoms with van der Waals surface area (Å²) in [7, 11) is 0. The average Bonchev–Trinajstić information content (AvgIpc) is 2.12. The zero-order valence-electron chi connectivity index (χ0n) is 7.77. The first-order valence-corrected chi connectivity index (χ1v) is 4.48. The first kappa shape index (κ1) is 12.6. The molecule has 88 valence electrons. The number of benzene rings is 1. The Morgan fingerprint density at radius 2 is 2.00 bits per heavy atom. The van der Waals surface area contributed by atoms with Crippen LogP contribution in [-0.2, 0) is 12.7 Å². The normalized spacial score (nSPS) is 11.2. The molecule has 3 nitrogen and oxygen atoms in total. The van der Waals surface area contributed by atoms with Crippen LogP contribution in [0.4, 0.5) is 18.0 Å². The number of rotatable bonds is 2. The van der Waals surface area contributed by atoms with Crippen molar-refractivity contribution in [2.45, 2.75) is 12.7 Å². The average molecular weight is 253 g/mol. The van der Waals surface area contributed by atoms with E-state index in [0.717, 1.165) is 12.1 Å². The van der Waals surface area contributed by atoms with E-state index >= 15 is 0 Å². The second-order valence-corrected chi connectivity index (χ2v) is 3.42. The minimum Gasteiger partial charge on any atom is -0.530 e. The molecule has 1 aromatic rings. The Morgan fingerprint density at radius 1 is 1.38 bits per heavy atom. The molecule has 0 bridgehead atoms. The van der Waals surface area contributed by atoms with E-state index in [-0.39, 0.29) is 17.1 Å². The van der Waals surface area contributed by atoms with Gasteiger partial charge in [-0.3, -0.25) is 0 Å². The number of alkyl halides is 3. The summed E-state index contributed by atoms with van der Waals surface area (Å²) in [6, 6.07) is 2.83. The lowest BCUT2D eigenvalue weighted by molar-refractivity contribution is -0.251. The maximum absolute atomic E-state index is 12.3. The van der Waals surface area contributed by atoms with Gasteiger partial charge in [0.1, 0.15) is 6.09 Å². The van der Waals surface area contributed by atoms with Gasteiger partial charge in [-0.15, -0.1) is 0 Å². The molecular formula is C9H6ClF3NO2-. The SMILES string of the molecule is O=C([O-])NCc1cc(Cl)cc(C(F)(F)F)c1. The Labute approximate surface area is 93.8 Å². The molecular weight excluding hydrogens is 247 g/mol. The quantitative estimate of drug-likeness (QED) is 0.872. The van der Waals surface area contributed by atoms with E-state index in [2.05, 4.69) is 0 Å². The molecule has 0 spiro atoms. The second-order valence-electron chi connectivity index (χ2n) is 2.99. The van der Waals surface area contributed by atoms with Crippen molar-refractivity contribution >= 4 is 17.7 Å². The first-order chi connectivity index (χ1) is 7.29. The minimum atomic E-state index is -4.51. The largest absolute Gasteiger partial charge is 0.530 e. The number of hydrogen-bond acceptors (Lipinski definition) is 2. The molecule has 7 heteroatoms. The Morgan fingerprint density at radius 3 is 2.50 bits per heavy atom. The molecule has 16 heavy (non-hydrogen) atoms. The summed E-state index contributed by atoms with van der Waals surface area (Å²) in [4.78, 5) is 10.1. The molecule has 0 unspecified atom stereocenters. The zero-order valence-corrected chi connectivity index (χ0v) is 8.52. The number of carbonyl (C=O) groups excluding carboxylic acids is 1. The summed E-state index contributed by atoms with van der Waals surface area (Å²) in [5.41, 5.74) is -0.806. The van der Waals surface area contributed by atoms with Gasteiger partial charge in [0.15, 0.2) is 0 Å². The van der Waals surface area contributed by atoms with Crippen LogP contribution in [0.1, 0.15) is 11.1 Å². The van der Waals surface area contributed by atoms with Gasteiger partial charge in [-0.25, -0.2) is 0 Å². The highest BCUT2D eigenvalue weighted by atomic mass is 35.5. The monoisotopic (exact) mass is 252 g/mol. The minimum absolute atomic E-state index is 0.107. The number of carbonyl (C=O) groups is 1. The van der Waals surface area contributed by atoms with Gasteiger partial charge in [-0.1, -0.05) is 11.6 Å². The lowest BCUT2D eigenvalue weighted by atomic mass is 10.1. The van der Waals surface area contributed by atoms with Crippen molar-refractivity contribution in [3.8, 4) is 0 Å². The van der Waals surface area contributed by atoms with E-state index in [0.29, 0.717) is 0 Å². The summed E-state index contributed by atoms with van der Waals surface area (Å²) < 4.78 is 37.0. The van der Waals surface area contributed by atoms with Gasteiger partial charge >= 0.3 is 6.18 Å². The van der Waals surface area contributed by atoms with Crippen molar-refractivity contribution in [1.29, 1.82) is 0 Å². The molecule has 0 aliphatic rings. The van der Waals surface area contributed by atoms with Crippen molar-refractivity contribution in [3.05, 3.63) is 34.3 Å². The molecule has 0 atom stereocenters. The van der Waals surface area contributed by atoms with Gasteiger partial charge < -0.3 is 15.2 Å². The molecule has 0 aliphatic heterocycles. The lowest BCUT2D eigenvalue weighted by Crippen LogP contribution is -2.35. The van der Waals surface area contributed by atoms with Gasteiger partial charge in [0.25, 0.3) is 0 Å². The molecule has 0 radical (unpaired) electrons. The predicted molar refractivity (Wildman–Crippen MR) is 48.7 cm³/mol. The fourth-order valence-electron chi connectivity index (χ4n) is 1.09. The molecule has 1 amide bonds. The second kappa shape index (κ2) is 4.61. The van der Waals surface area contributed by atoms with Crippen LogP contribution in [-0.4, -0.2) is 6.09 Å². The van der Waals surface area contributed by atoms with Crippen LogP contribution >= 0.6 is 11.6 Å². The maximum atomic E-state index is 12.3. The molecule has 1 N–H and O–H groups in total. The molecule has 1 aromatic carbocycles. The molecule has 0 fully saturated rings. The number of halogens is 4. The Balaban J connectivity index is 2.94. The summed E-state index contributed by atoms with van der Waals surface area (Å²) >= 11 is 5.48. The zero-order chi connectivity index (χ0) is 12.3. The Hall–Kier alpha value is -1.43. The van der Waals surface area contributed by atoms with E-state index in [1.165, 1.54) is 6.07 Å². The van der Waals surface area contributed by atoms with Gasteiger partial charge in [0, 0.05) is 11.6 Å². The van der Waals surface area contributed by atoms with Gasteiger partial charge in [-0.05, 0) is 23.8 Å². The lowest BCUT2D eigenvalue weighted by Gasteiger charge is -2.11. The number of nitrogens with one attached hydrogen (secondary N) is 1. The van der Waals surface area contributed by atoms with Crippen molar-refractivity contribution < 1.29 is 23.1 Å². The van der Waals surface area contributed by atoms with E-state index in [4.69, 9.17) is 11.6 Å². The smallest absolute Gasteiger partial charge is 0.416 e. The van der Waals surface area contributed by atoms with Crippen molar-refractivity contribution in [2.24, 2.45) is 0 Å². The highest BCUT2D eigenvalue weighted by molar-refractivity contribution is 6.30. The molecule has 0 heterocycles. The van der Waals surface area contributed by atoms with E-state index in [1.54, 1.807) is 0 Å². The summed E-state index contributed by atoms with van der Waals surface area (Å²) in [6.45, 7) is -0.286. The van der Waals surface area contributed by atoms with Crippen LogP contribution < -0.4 is 10.4 Å². The van der Waals surface area contributed by atoms with Crippen molar-refractivity contribution in [3.63, 3.8) is 0 Å². The van der Waals surface area contributed by atoms with E-state index in [1.807, 2.05) is 5.32 Å². The molecule has 1 rings (SSSR count). The Kier molecular flexibility index (Phi) is 3.64. The third-order valence-electron chi connectivity index (χ3n) is 1.72. The van der Waals surface area contributed by atoms with Crippen LogP contribution in [0, 0.1) is 0 Å². The Bertz CT molecular complexity index is 406. The standard InChI is InChI=1S/C9H7ClF3NO2/c10-7-2-5(4-14-8(15)16)1-6(3-7)9(11,12)13/h1-3,14H,4H2,(H,15,16)/p-1. The number of amides is 1. The van der Waals surface area contributed by atoms with Crippen LogP contribution in [0.25, 0.3) is 0 Å². The third-order valence-corrected chi connectivity index (χ3v) is 1.94. The van der Waals surface area contributed by atoms with Crippen LogP contribution in [0.3, 0.4) is 0 Å². The van der Waals surface area contributed by atoms with Gasteiger partial charge in [0.05, 0.1) is 5.56 Å². The summed E-state index contributed by atoms with van der Waals surface area (Å²) in [5, 5.41) is 11.8. The molecule has 0 aromatic heterocycles. The molecule has 0 saturated carbocycles. The maximum Gasteiger partial charge on any atom is 0.416 e. The molecule has 0 saturated heterocycles. The van der Waals surface area contributed by atoms with Crippen LogP contribution in [0.5, 0.6) is 0 Å². The predicted octanol–water partition coefficient (Wildman–Crippen LogP) is 1.79.